The number of rotatable bonds is 7. The number of unbranched alkanes of at least 4 members (excludes halogenated alkanes) is 1. The third-order valence-electron chi connectivity index (χ3n) is 4.93. The molecule has 0 spiro atoms. The van der Waals surface area contributed by atoms with Crippen LogP contribution in [0.1, 0.15) is 39.0 Å². The number of imidazole rings is 1. The lowest BCUT2D eigenvalue weighted by molar-refractivity contribution is -0.120. The van der Waals surface area contributed by atoms with Crippen molar-refractivity contribution < 1.29 is 13.2 Å². The van der Waals surface area contributed by atoms with Crippen LogP contribution in [0.25, 0.3) is 11.0 Å². The van der Waals surface area contributed by atoms with Crippen molar-refractivity contribution in [2.45, 2.75) is 60.9 Å². The van der Waals surface area contributed by atoms with Crippen molar-refractivity contribution in [1.29, 1.82) is 0 Å². The van der Waals surface area contributed by atoms with Crippen molar-refractivity contribution in [3.05, 3.63) is 18.2 Å². The van der Waals surface area contributed by atoms with Crippen molar-refractivity contribution in [3.63, 3.8) is 0 Å². The molecule has 1 fully saturated rings. The molecule has 1 aromatic heterocycles. The van der Waals surface area contributed by atoms with E-state index in [1.165, 1.54) is 30.2 Å². The predicted molar refractivity (Wildman–Crippen MR) is 112 cm³/mol. The van der Waals surface area contributed by atoms with Gasteiger partial charge < -0.3 is 9.88 Å². The molecule has 154 valence electrons. The molecular formula is C19H28N4O3S2. The molecule has 1 amide bonds. The van der Waals surface area contributed by atoms with Crippen LogP contribution in [0.2, 0.25) is 0 Å². The molecular weight excluding hydrogens is 396 g/mol. The van der Waals surface area contributed by atoms with Crippen LogP contribution in [0, 0.1) is 0 Å². The molecule has 1 aliphatic heterocycles. The number of aryl methyl sites for hydroxylation is 1. The first kappa shape index (κ1) is 21.1. The lowest BCUT2D eigenvalue weighted by atomic mass is 10.2. The van der Waals surface area contributed by atoms with E-state index in [0.29, 0.717) is 5.52 Å². The highest BCUT2D eigenvalue weighted by Crippen LogP contribution is 2.32. The van der Waals surface area contributed by atoms with Gasteiger partial charge in [-0.05, 0) is 37.5 Å². The van der Waals surface area contributed by atoms with Crippen LogP contribution < -0.4 is 5.32 Å². The molecule has 7 nitrogen and oxygen atoms in total. The molecule has 1 atom stereocenters. The van der Waals surface area contributed by atoms with Gasteiger partial charge in [-0.15, -0.1) is 0 Å². The fourth-order valence-corrected chi connectivity index (χ4v) is 5.35. The Kier molecular flexibility index (Phi) is 6.67. The van der Waals surface area contributed by atoms with E-state index in [0.717, 1.165) is 55.9 Å². The van der Waals surface area contributed by atoms with Crippen molar-refractivity contribution in [1.82, 2.24) is 19.2 Å². The zero-order chi connectivity index (χ0) is 20.3. The van der Waals surface area contributed by atoms with Gasteiger partial charge in [0.25, 0.3) is 0 Å². The minimum Gasteiger partial charge on any atom is -0.355 e. The van der Waals surface area contributed by atoms with Crippen LogP contribution in [0.3, 0.4) is 0 Å². The Morgan fingerprint density at radius 1 is 1.32 bits per heavy atom. The van der Waals surface area contributed by atoms with Crippen molar-refractivity contribution in [3.8, 4) is 0 Å². The Hall–Kier alpha value is -1.58. The molecule has 1 saturated heterocycles. The summed E-state index contributed by atoms with van der Waals surface area (Å²) in [6.45, 7) is 3.66. The molecule has 2 aromatic rings. The Balaban J connectivity index is 2.01. The fourth-order valence-electron chi connectivity index (χ4n) is 3.23. The molecule has 0 saturated carbocycles. The third-order valence-corrected chi connectivity index (χ3v) is 8.00. The molecule has 0 aliphatic carbocycles. The van der Waals surface area contributed by atoms with E-state index < -0.39 is 10.0 Å². The summed E-state index contributed by atoms with van der Waals surface area (Å²) in [5, 5.41) is 3.59. The molecule has 3 rings (SSSR count). The first-order chi connectivity index (χ1) is 13.3. The average molecular weight is 425 g/mol. The van der Waals surface area contributed by atoms with E-state index in [-0.39, 0.29) is 16.1 Å². The number of amides is 1. The summed E-state index contributed by atoms with van der Waals surface area (Å²) in [6, 6.07) is 5.09. The van der Waals surface area contributed by atoms with Crippen molar-refractivity contribution in [2.75, 3.05) is 20.6 Å². The number of hydrogen-bond donors (Lipinski definition) is 1. The smallest absolute Gasteiger partial charge is 0.242 e. The molecule has 2 heterocycles. The van der Waals surface area contributed by atoms with Gasteiger partial charge in [-0.1, -0.05) is 31.5 Å². The summed E-state index contributed by atoms with van der Waals surface area (Å²) in [7, 11) is -0.478. The standard InChI is InChI=1S/C19H28N4O3S2/c1-4-5-12-23-16-10-9-14(28(25,26)22(2)3)13-15(16)21-19(23)27-17-8-6-7-11-20-18(17)24/h9-10,13,17H,4-8,11-12H2,1-3H3,(H,20,24). The third kappa shape index (κ3) is 4.36. The second-order valence-electron chi connectivity index (χ2n) is 7.23. The van der Waals surface area contributed by atoms with E-state index in [9.17, 15) is 13.2 Å². The van der Waals surface area contributed by atoms with E-state index in [2.05, 4.69) is 16.8 Å². The van der Waals surface area contributed by atoms with Crippen LogP contribution in [0.5, 0.6) is 0 Å². The molecule has 28 heavy (non-hydrogen) atoms. The summed E-state index contributed by atoms with van der Waals surface area (Å²) in [6.07, 6.45) is 4.87. The largest absolute Gasteiger partial charge is 0.355 e. The van der Waals surface area contributed by atoms with Crippen molar-refractivity contribution >= 4 is 38.7 Å². The zero-order valence-electron chi connectivity index (χ0n) is 16.6. The quantitative estimate of drug-likeness (QED) is 0.739. The van der Waals surface area contributed by atoms with Gasteiger partial charge >= 0.3 is 0 Å². The van der Waals surface area contributed by atoms with Gasteiger partial charge in [0.1, 0.15) is 0 Å². The minimum absolute atomic E-state index is 0.0625. The number of benzene rings is 1. The molecule has 9 heteroatoms. The zero-order valence-corrected chi connectivity index (χ0v) is 18.3. The molecule has 1 N–H and O–H groups in total. The lowest BCUT2D eigenvalue weighted by Crippen LogP contribution is -2.30. The van der Waals surface area contributed by atoms with E-state index >= 15 is 0 Å². The summed E-state index contributed by atoms with van der Waals surface area (Å²) < 4.78 is 28.3. The molecule has 1 aromatic carbocycles. The Morgan fingerprint density at radius 2 is 2.11 bits per heavy atom. The van der Waals surface area contributed by atoms with Crippen LogP contribution in [-0.2, 0) is 21.4 Å². The number of aromatic nitrogens is 2. The Labute approximate surface area is 170 Å². The predicted octanol–water partition coefficient (Wildman–Crippen LogP) is 2.85. The first-order valence-electron chi connectivity index (χ1n) is 9.71. The molecule has 0 bridgehead atoms. The number of nitrogens with zero attached hydrogens (tertiary/aromatic N) is 3. The van der Waals surface area contributed by atoms with E-state index in [4.69, 9.17) is 4.98 Å². The second-order valence-corrected chi connectivity index (χ2v) is 10.6. The Morgan fingerprint density at radius 3 is 2.82 bits per heavy atom. The minimum atomic E-state index is -3.52. The van der Waals surface area contributed by atoms with Gasteiger partial charge in [-0.2, -0.15) is 0 Å². The molecule has 1 aliphatic rings. The Bertz CT molecular complexity index is 953. The van der Waals surface area contributed by atoms with Gasteiger partial charge in [-0.25, -0.2) is 17.7 Å². The first-order valence-corrected chi connectivity index (χ1v) is 12.0. The van der Waals surface area contributed by atoms with Gasteiger partial charge in [0.05, 0.1) is 21.2 Å². The summed E-state index contributed by atoms with van der Waals surface area (Å²) >= 11 is 1.49. The summed E-state index contributed by atoms with van der Waals surface area (Å²) in [5.41, 5.74) is 1.55. The normalized spacial score (nSPS) is 18.4. The van der Waals surface area contributed by atoms with Crippen LogP contribution in [0.4, 0.5) is 0 Å². The van der Waals surface area contributed by atoms with Crippen LogP contribution in [0.15, 0.2) is 28.3 Å². The molecule has 1 unspecified atom stereocenters. The highest BCUT2D eigenvalue weighted by atomic mass is 32.2. The highest BCUT2D eigenvalue weighted by Gasteiger charge is 2.25. The van der Waals surface area contributed by atoms with Crippen LogP contribution in [-0.4, -0.2) is 54.1 Å². The monoisotopic (exact) mass is 424 g/mol. The molecule has 0 radical (unpaired) electrons. The fraction of sp³-hybridized carbons (Fsp3) is 0.579. The second kappa shape index (κ2) is 8.84. The van der Waals surface area contributed by atoms with Gasteiger partial charge in [0.2, 0.25) is 15.9 Å². The number of carbonyl (C=O) groups excluding carboxylic acids is 1. The number of fused-ring (bicyclic) bond motifs is 1. The van der Waals surface area contributed by atoms with E-state index in [1.54, 1.807) is 12.1 Å². The number of nitrogens with one attached hydrogen (secondary N) is 1. The number of thioether (sulfide) groups is 1. The van der Waals surface area contributed by atoms with Gasteiger partial charge in [0, 0.05) is 27.2 Å². The SMILES string of the molecule is CCCCn1c(SC2CCCCNC2=O)nc2cc(S(=O)(=O)N(C)C)ccc21. The number of hydrogen-bond acceptors (Lipinski definition) is 5. The maximum Gasteiger partial charge on any atom is 0.242 e. The van der Waals surface area contributed by atoms with E-state index in [1.807, 2.05) is 6.07 Å². The topological polar surface area (TPSA) is 84.3 Å². The summed E-state index contributed by atoms with van der Waals surface area (Å²) in [5.74, 6) is 0.0625. The van der Waals surface area contributed by atoms with Gasteiger partial charge in [-0.3, -0.25) is 4.79 Å². The summed E-state index contributed by atoms with van der Waals surface area (Å²) in [4.78, 5) is 17.3. The maximum absolute atomic E-state index is 12.5. The van der Waals surface area contributed by atoms with Crippen LogP contribution >= 0.6 is 11.8 Å². The average Bonchev–Trinajstić information content (AvgIpc) is 2.87. The number of carbonyl (C=O) groups is 1. The van der Waals surface area contributed by atoms with Gasteiger partial charge in [0.15, 0.2) is 5.16 Å². The number of sulfonamides is 1. The van der Waals surface area contributed by atoms with Crippen molar-refractivity contribution in [2.24, 2.45) is 0 Å². The lowest BCUT2D eigenvalue weighted by Gasteiger charge is -2.14. The highest BCUT2D eigenvalue weighted by molar-refractivity contribution is 8.00. The maximum atomic E-state index is 12.5.